The van der Waals surface area contributed by atoms with Crippen LogP contribution in [0.5, 0.6) is 5.75 Å². The number of carbonyl (C=O) groups is 2. The molecule has 178 valence electrons. The molecule has 0 heterocycles. The second-order valence-electron chi connectivity index (χ2n) is 7.46. The van der Waals surface area contributed by atoms with Gasteiger partial charge in [-0.3, -0.25) is 9.59 Å². The van der Waals surface area contributed by atoms with Crippen molar-refractivity contribution in [3.63, 3.8) is 0 Å². The van der Waals surface area contributed by atoms with Crippen molar-refractivity contribution in [2.45, 2.75) is 12.6 Å². The lowest BCUT2D eigenvalue weighted by Gasteiger charge is -2.31. The van der Waals surface area contributed by atoms with Crippen LogP contribution < -0.4 is 10.1 Å². The first-order valence-electron chi connectivity index (χ1n) is 10.7. The first kappa shape index (κ1) is 25.6. The van der Waals surface area contributed by atoms with Gasteiger partial charge in [-0.2, -0.15) is 0 Å². The van der Waals surface area contributed by atoms with Gasteiger partial charge in [0.2, 0.25) is 5.91 Å². The molecule has 0 aromatic heterocycles. The summed E-state index contributed by atoms with van der Waals surface area (Å²) in [5.74, 6) is -0.293. The van der Waals surface area contributed by atoms with Crippen molar-refractivity contribution in [1.82, 2.24) is 10.2 Å². The highest BCUT2D eigenvalue weighted by atomic mass is 35.5. The molecule has 0 aliphatic rings. The van der Waals surface area contributed by atoms with Crippen molar-refractivity contribution in [3.05, 3.63) is 100 Å². The summed E-state index contributed by atoms with van der Waals surface area (Å²) >= 11 is 12.2. The van der Waals surface area contributed by atoms with Crippen LogP contribution in [0.2, 0.25) is 10.0 Å². The Hall–Kier alpha value is -3.06. The van der Waals surface area contributed by atoms with E-state index in [1.165, 1.54) is 4.90 Å². The number of methoxy groups -OCH3 is 1. The third-order valence-electron chi connectivity index (χ3n) is 5.06. The van der Waals surface area contributed by atoms with Crippen molar-refractivity contribution in [2.75, 3.05) is 26.9 Å². The minimum Gasteiger partial charge on any atom is -0.482 e. The molecular weight excluding hydrogens is 475 g/mol. The van der Waals surface area contributed by atoms with Crippen molar-refractivity contribution >= 4 is 35.0 Å². The normalized spacial score (nSPS) is 11.5. The van der Waals surface area contributed by atoms with Gasteiger partial charge in [-0.25, -0.2) is 0 Å². The van der Waals surface area contributed by atoms with Gasteiger partial charge < -0.3 is 19.7 Å². The van der Waals surface area contributed by atoms with Gasteiger partial charge in [0.1, 0.15) is 11.8 Å². The predicted molar refractivity (Wildman–Crippen MR) is 133 cm³/mol. The Labute approximate surface area is 209 Å². The Morgan fingerprint density at radius 2 is 1.62 bits per heavy atom. The maximum absolute atomic E-state index is 13.5. The van der Waals surface area contributed by atoms with Gasteiger partial charge in [-0.15, -0.1) is 0 Å². The Balaban J connectivity index is 1.91. The number of halogens is 2. The molecule has 8 heteroatoms. The van der Waals surface area contributed by atoms with Crippen LogP contribution in [0.25, 0.3) is 0 Å². The van der Waals surface area contributed by atoms with Crippen LogP contribution in [0.15, 0.2) is 78.9 Å². The van der Waals surface area contributed by atoms with Crippen molar-refractivity contribution in [2.24, 2.45) is 0 Å². The number of ether oxygens (including phenoxy) is 2. The summed E-state index contributed by atoms with van der Waals surface area (Å²) < 4.78 is 10.8. The Morgan fingerprint density at radius 1 is 0.941 bits per heavy atom. The maximum atomic E-state index is 13.5. The number of para-hydroxylation sites is 1. The van der Waals surface area contributed by atoms with Gasteiger partial charge in [0.25, 0.3) is 5.91 Å². The summed E-state index contributed by atoms with van der Waals surface area (Å²) in [5.41, 5.74) is 1.50. The molecule has 0 radical (unpaired) electrons. The number of nitrogens with one attached hydrogen (secondary N) is 1. The molecule has 3 aromatic rings. The second-order valence-corrected chi connectivity index (χ2v) is 8.31. The zero-order valence-corrected chi connectivity index (χ0v) is 20.3. The fraction of sp³-hybridized carbons (Fsp3) is 0.231. The van der Waals surface area contributed by atoms with E-state index >= 15 is 0 Å². The second kappa shape index (κ2) is 13.0. The number of carbonyl (C=O) groups excluding carboxylic acids is 2. The van der Waals surface area contributed by atoms with Crippen molar-refractivity contribution in [1.29, 1.82) is 0 Å². The number of nitrogens with zero attached hydrogens (tertiary/aromatic N) is 1. The smallest absolute Gasteiger partial charge is 0.261 e. The molecule has 1 atom stereocenters. The topological polar surface area (TPSA) is 67.9 Å². The van der Waals surface area contributed by atoms with Crippen LogP contribution in [-0.2, 0) is 20.9 Å². The number of hydrogen-bond acceptors (Lipinski definition) is 4. The summed E-state index contributed by atoms with van der Waals surface area (Å²) in [5, 5.41) is 3.84. The third-order valence-corrected chi connectivity index (χ3v) is 5.62. The van der Waals surface area contributed by atoms with Gasteiger partial charge in [0.05, 0.1) is 11.6 Å². The number of benzene rings is 3. The van der Waals surface area contributed by atoms with Crippen molar-refractivity contribution < 1.29 is 19.1 Å². The van der Waals surface area contributed by atoms with E-state index in [1.807, 2.05) is 42.5 Å². The van der Waals surface area contributed by atoms with E-state index in [9.17, 15) is 9.59 Å². The zero-order valence-electron chi connectivity index (χ0n) is 18.7. The quantitative estimate of drug-likeness (QED) is 0.380. The Morgan fingerprint density at radius 3 is 2.29 bits per heavy atom. The van der Waals surface area contributed by atoms with E-state index in [1.54, 1.807) is 43.5 Å². The lowest BCUT2D eigenvalue weighted by Crippen LogP contribution is -2.45. The number of rotatable bonds is 11. The fourth-order valence-electron chi connectivity index (χ4n) is 3.38. The molecule has 1 N–H and O–H groups in total. The lowest BCUT2D eigenvalue weighted by atomic mass is 10.0. The SMILES string of the molecule is COCCNC(=O)C(c1ccccc1)N(Cc1ccc(Cl)cc1)C(=O)COc1ccccc1Cl. The standard InChI is InChI=1S/C26H26Cl2N2O4/c1-33-16-15-29-26(32)25(20-7-3-2-4-8-20)30(17-19-11-13-21(27)14-12-19)24(31)18-34-23-10-6-5-9-22(23)28/h2-14,25H,15-18H2,1H3,(H,29,32). The average Bonchev–Trinajstić information content (AvgIpc) is 2.85. The molecule has 3 rings (SSSR count). The largest absolute Gasteiger partial charge is 0.482 e. The zero-order chi connectivity index (χ0) is 24.3. The predicted octanol–water partition coefficient (Wildman–Crippen LogP) is 4.90. The minimum atomic E-state index is -0.879. The van der Waals surface area contributed by atoms with E-state index in [-0.39, 0.29) is 25.0 Å². The molecule has 0 aliphatic heterocycles. The van der Waals surface area contributed by atoms with Crippen LogP contribution in [0, 0.1) is 0 Å². The van der Waals surface area contributed by atoms with E-state index in [2.05, 4.69) is 5.32 Å². The summed E-state index contributed by atoms with van der Waals surface area (Å²) in [6.45, 7) is 0.566. The Kier molecular flexibility index (Phi) is 9.76. The van der Waals surface area contributed by atoms with Crippen LogP contribution in [-0.4, -0.2) is 43.6 Å². The third kappa shape index (κ3) is 7.22. The average molecular weight is 501 g/mol. The summed E-state index contributed by atoms with van der Waals surface area (Å²) in [4.78, 5) is 28.3. The number of hydrogen-bond donors (Lipinski definition) is 1. The highest BCUT2D eigenvalue weighted by molar-refractivity contribution is 6.32. The molecule has 34 heavy (non-hydrogen) atoms. The monoisotopic (exact) mass is 500 g/mol. The maximum Gasteiger partial charge on any atom is 0.261 e. The van der Waals surface area contributed by atoms with E-state index < -0.39 is 6.04 Å². The van der Waals surface area contributed by atoms with Gasteiger partial charge in [-0.05, 0) is 35.4 Å². The molecule has 0 saturated carbocycles. The molecule has 1 unspecified atom stereocenters. The van der Waals surface area contributed by atoms with E-state index in [0.717, 1.165) is 5.56 Å². The molecule has 0 spiro atoms. The highest BCUT2D eigenvalue weighted by Gasteiger charge is 2.31. The van der Waals surface area contributed by atoms with Crippen molar-refractivity contribution in [3.8, 4) is 5.75 Å². The summed E-state index contributed by atoms with van der Waals surface area (Å²) in [6, 6.07) is 22.3. The number of amides is 2. The van der Waals surface area contributed by atoms with E-state index in [4.69, 9.17) is 32.7 Å². The van der Waals surface area contributed by atoms with Gasteiger partial charge in [-0.1, -0.05) is 77.8 Å². The highest BCUT2D eigenvalue weighted by Crippen LogP contribution is 2.26. The lowest BCUT2D eigenvalue weighted by molar-refractivity contribution is -0.143. The van der Waals surface area contributed by atoms with Crippen LogP contribution >= 0.6 is 23.2 Å². The molecule has 0 aliphatic carbocycles. The molecule has 0 fully saturated rings. The fourth-order valence-corrected chi connectivity index (χ4v) is 3.69. The summed E-state index contributed by atoms with van der Waals surface area (Å²) in [6.07, 6.45) is 0. The van der Waals surface area contributed by atoms with Gasteiger partial charge >= 0.3 is 0 Å². The van der Waals surface area contributed by atoms with E-state index in [0.29, 0.717) is 34.5 Å². The molecule has 2 amide bonds. The van der Waals surface area contributed by atoms with Gasteiger partial charge in [0.15, 0.2) is 6.61 Å². The minimum absolute atomic E-state index is 0.180. The first-order chi connectivity index (χ1) is 16.5. The summed E-state index contributed by atoms with van der Waals surface area (Å²) in [7, 11) is 1.56. The molecule has 6 nitrogen and oxygen atoms in total. The molecule has 3 aromatic carbocycles. The first-order valence-corrected chi connectivity index (χ1v) is 11.5. The van der Waals surface area contributed by atoms with Crippen LogP contribution in [0.1, 0.15) is 17.2 Å². The molecule has 0 saturated heterocycles. The molecular formula is C26H26Cl2N2O4. The molecule has 0 bridgehead atoms. The Bertz CT molecular complexity index is 1080. The van der Waals surface area contributed by atoms with Gasteiger partial charge in [0, 0.05) is 25.2 Å². The van der Waals surface area contributed by atoms with Crippen LogP contribution in [0.3, 0.4) is 0 Å². The van der Waals surface area contributed by atoms with Crippen LogP contribution in [0.4, 0.5) is 0 Å².